The van der Waals surface area contributed by atoms with E-state index in [1.54, 1.807) is 30.1 Å². The quantitative estimate of drug-likeness (QED) is 0.865. The number of carbonyl (C=O) groups is 1. The molecule has 0 amide bonds. The molecule has 3 nitrogen and oxygen atoms in total. The molecule has 0 aromatic heterocycles. The Morgan fingerprint density at radius 3 is 2.67 bits per heavy atom. The minimum atomic E-state index is -0.919. The number of benzene rings is 1. The van der Waals surface area contributed by atoms with Gasteiger partial charge in [-0.2, -0.15) is 0 Å². The number of aliphatic carboxylic acids is 1. The molecule has 1 atom stereocenters. The fourth-order valence-corrected chi connectivity index (χ4v) is 2.24. The Balaban J connectivity index is 3.04. The van der Waals surface area contributed by atoms with Gasteiger partial charge in [-0.25, -0.2) is 0 Å². The zero-order valence-electron chi connectivity index (χ0n) is 10.5. The largest absolute Gasteiger partial charge is 0.480 e. The lowest BCUT2D eigenvalue weighted by Crippen LogP contribution is -2.31. The highest BCUT2D eigenvalue weighted by Gasteiger charge is 2.27. The van der Waals surface area contributed by atoms with Gasteiger partial charge in [0.15, 0.2) is 0 Å². The zero-order chi connectivity index (χ0) is 13.7. The van der Waals surface area contributed by atoms with Crippen molar-refractivity contribution in [1.82, 2.24) is 4.90 Å². The summed E-state index contributed by atoms with van der Waals surface area (Å²) in [5.41, 5.74) is 0.537. The maximum atomic E-state index is 11.4. The molecule has 18 heavy (non-hydrogen) atoms. The third kappa shape index (κ3) is 3.61. The number of carboxylic acid groups (broad SMARTS) is 1. The van der Waals surface area contributed by atoms with Gasteiger partial charge in [-0.15, -0.1) is 0 Å². The van der Waals surface area contributed by atoms with Gasteiger partial charge in [0.05, 0.1) is 10.0 Å². The van der Waals surface area contributed by atoms with Gasteiger partial charge >= 0.3 is 5.97 Å². The Hall–Kier alpha value is -0.770. The van der Waals surface area contributed by atoms with Gasteiger partial charge in [0.2, 0.25) is 0 Å². The van der Waals surface area contributed by atoms with Crippen molar-refractivity contribution in [1.29, 1.82) is 0 Å². The highest BCUT2D eigenvalue weighted by Crippen LogP contribution is 2.32. The molecule has 1 rings (SSSR count). The van der Waals surface area contributed by atoms with Crippen LogP contribution in [0.5, 0.6) is 0 Å². The molecule has 0 spiro atoms. The lowest BCUT2D eigenvalue weighted by Gasteiger charge is -2.25. The van der Waals surface area contributed by atoms with E-state index in [0.717, 1.165) is 12.8 Å². The van der Waals surface area contributed by atoms with Crippen molar-refractivity contribution in [2.45, 2.75) is 25.8 Å². The lowest BCUT2D eigenvalue weighted by atomic mass is 10.1. The van der Waals surface area contributed by atoms with E-state index in [9.17, 15) is 9.90 Å². The van der Waals surface area contributed by atoms with Crippen molar-refractivity contribution < 1.29 is 9.90 Å². The van der Waals surface area contributed by atoms with Gasteiger partial charge in [-0.05, 0) is 26.1 Å². The third-order valence-electron chi connectivity index (χ3n) is 2.82. The second-order valence-electron chi connectivity index (χ2n) is 4.22. The van der Waals surface area contributed by atoms with Crippen molar-refractivity contribution in [2.75, 3.05) is 13.6 Å². The summed E-state index contributed by atoms with van der Waals surface area (Å²) in [7, 11) is 1.78. The van der Waals surface area contributed by atoms with Gasteiger partial charge in [0.25, 0.3) is 0 Å². The minimum Gasteiger partial charge on any atom is -0.480 e. The standard InChI is InChI=1S/C13H17Cl2NO2/c1-3-4-8-16(2)12(13(17)18)9-6-5-7-10(14)11(9)15/h5-7,12H,3-4,8H2,1-2H3,(H,17,18). The molecular weight excluding hydrogens is 273 g/mol. The number of unbranched alkanes of at least 4 members (excludes halogenated alkanes) is 1. The SMILES string of the molecule is CCCCN(C)C(C(=O)O)c1cccc(Cl)c1Cl. The Labute approximate surface area is 117 Å². The van der Waals surface area contributed by atoms with Crippen molar-refractivity contribution >= 4 is 29.2 Å². The van der Waals surface area contributed by atoms with Crippen LogP contribution in [-0.2, 0) is 4.79 Å². The van der Waals surface area contributed by atoms with Crippen molar-refractivity contribution in [3.05, 3.63) is 33.8 Å². The third-order valence-corrected chi connectivity index (χ3v) is 3.65. The van der Waals surface area contributed by atoms with Gasteiger partial charge in [-0.3, -0.25) is 9.69 Å². The van der Waals surface area contributed by atoms with E-state index in [1.807, 2.05) is 0 Å². The average molecular weight is 290 g/mol. The van der Waals surface area contributed by atoms with Crippen LogP contribution in [0.3, 0.4) is 0 Å². The Kier molecular flexibility index (Phi) is 5.93. The molecule has 1 aromatic carbocycles. The number of hydrogen-bond donors (Lipinski definition) is 1. The van der Waals surface area contributed by atoms with Gasteiger partial charge in [0.1, 0.15) is 6.04 Å². The predicted molar refractivity (Wildman–Crippen MR) is 74.4 cm³/mol. The number of nitrogens with zero attached hydrogens (tertiary/aromatic N) is 1. The van der Waals surface area contributed by atoms with Gasteiger partial charge in [-0.1, -0.05) is 48.7 Å². The van der Waals surface area contributed by atoms with Crippen LogP contribution in [0.4, 0.5) is 0 Å². The highest BCUT2D eigenvalue weighted by atomic mass is 35.5. The van der Waals surface area contributed by atoms with Crippen LogP contribution in [-0.4, -0.2) is 29.6 Å². The van der Waals surface area contributed by atoms with Crippen LogP contribution in [0.1, 0.15) is 31.4 Å². The maximum Gasteiger partial charge on any atom is 0.325 e. The summed E-state index contributed by atoms with van der Waals surface area (Å²) in [6.07, 6.45) is 1.96. The number of rotatable bonds is 6. The second kappa shape index (κ2) is 6.98. The summed E-state index contributed by atoms with van der Waals surface area (Å²) in [5, 5.41) is 10.1. The van der Waals surface area contributed by atoms with E-state index in [1.165, 1.54) is 0 Å². The average Bonchev–Trinajstić information content (AvgIpc) is 2.32. The first-order valence-corrected chi connectivity index (χ1v) is 6.61. The summed E-state index contributed by atoms with van der Waals surface area (Å²) < 4.78 is 0. The van der Waals surface area contributed by atoms with Crippen LogP contribution >= 0.6 is 23.2 Å². The summed E-state index contributed by atoms with van der Waals surface area (Å²) >= 11 is 12.0. The molecule has 0 aliphatic carbocycles. The molecule has 5 heteroatoms. The Bertz CT molecular complexity index is 423. The van der Waals surface area contributed by atoms with Gasteiger partial charge < -0.3 is 5.11 Å². The normalized spacial score (nSPS) is 12.7. The number of carboxylic acids is 1. The van der Waals surface area contributed by atoms with Crippen LogP contribution in [0.2, 0.25) is 10.0 Å². The molecule has 0 aliphatic rings. The van der Waals surface area contributed by atoms with Crippen LogP contribution < -0.4 is 0 Å². The first kappa shape index (κ1) is 15.3. The summed E-state index contributed by atoms with van der Waals surface area (Å²) in [5.74, 6) is -0.919. The van der Waals surface area contributed by atoms with Crippen LogP contribution in [0, 0.1) is 0 Å². The number of halogens is 2. The molecule has 0 saturated carbocycles. The molecule has 0 fully saturated rings. The second-order valence-corrected chi connectivity index (χ2v) is 5.00. The fraction of sp³-hybridized carbons (Fsp3) is 0.462. The number of hydrogen-bond acceptors (Lipinski definition) is 2. The van der Waals surface area contributed by atoms with Crippen LogP contribution in [0.25, 0.3) is 0 Å². The molecule has 0 heterocycles. The molecule has 0 saturated heterocycles. The monoisotopic (exact) mass is 289 g/mol. The topological polar surface area (TPSA) is 40.5 Å². The minimum absolute atomic E-state index is 0.315. The Morgan fingerprint density at radius 2 is 2.11 bits per heavy atom. The molecule has 1 N–H and O–H groups in total. The highest BCUT2D eigenvalue weighted by molar-refractivity contribution is 6.42. The molecule has 0 bridgehead atoms. The van der Waals surface area contributed by atoms with E-state index in [4.69, 9.17) is 23.2 Å². The van der Waals surface area contributed by atoms with Crippen molar-refractivity contribution in [3.63, 3.8) is 0 Å². The van der Waals surface area contributed by atoms with Crippen molar-refractivity contribution in [2.24, 2.45) is 0 Å². The fourth-order valence-electron chi connectivity index (χ4n) is 1.83. The van der Waals surface area contributed by atoms with Gasteiger partial charge in [0, 0.05) is 5.56 Å². The smallest absolute Gasteiger partial charge is 0.325 e. The molecule has 100 valence electrons. The van der Waals surface area contributed by atoms with E-state index in [-0.39, 0.29) is 0 Å². The molecule has 0 aliphatic heterocycles. The number of likely N-dealkylation sites (N-methyl/N-ethyl adjacent to an activating group) is 1. The lowest BCUT2D eigenvalue weighted by molar-refractivity contribution is -0.143. The zero-order valence-corrected chi connectivity index (χ0v) is 12.0. The van der Waals surface area contributed by atoms with E-state index in [0.29, 0.717) is 22.2 Å². The maximum absolute atomic E-state index is 11.4. The molecule has 0 radical (unpaired) electrons. The van der Waals surface area contributed by atoms with Crippen molar-refractivity contribution in [3.8, 4) is 0 Å². The summed E-state index contributed by atoms with van der Waals surface area (Å²) in [4.78, 5) is 13.2. The summed E-state index contributed by atoms with van der Waals surface area (Å²) in [6.45, 7) is 2.77. The first-order chi connectivity index (χ1) is 8.49. The van der Waals surface area contributed by atoms with E-state index in [2.05, 4.69) is 6.92 Å². The predicted octanol–water partition coefficient (Wildman–Crippen LogP) is 3.85. The summed E-state index contributed by atoms with van der Waals surface area (Å²) in [6, 6.07) is 4.31. The first-order valence-electron chi connectivity index (χ1n) is 5.86. The molecular formula is C13H17Cl2NO2. The molecule has 1 aromatic rings. The van der Waals surface area contributed by atoms with E-state index < -0.39 is 12.0 Å². The Morgan fingerprint density at radius 1 is 1.44 bits per heavy atom. The molecule has 1 unspecified atom stereocenters. The van der Waals surface area contributed by atoms with E-state index >= 15 is 0 Å². The van der Waals surface area contributed by atoms with Crippen LogP contribution in [0.15, 0.2) is 18.2 Å².